The first kappa shape index (κ1) is 23.9. The van der Waals surface area contributed by atoms with Crippen molar-refractivity contribution in [2.75, 3.05) is 12.8 Å². The van der Waals surface area contributed by atoms with Gasteiger partial charge in [0.2, 0.25) is 5.91 Å². The molecule has 0 unspecified atom stereocenters. The molecular formula is C22H23ClN4OS2. The van der Waals surface area contributed by atoms with Crippen LogP contribution in [0.15, 0.2) is 69.5 Å². The molecule has 0 bridgehead atoms. The van der Waals surface area contributed by atoms with Gasteiger partial charge in [0.15, 0.2) is 5.16 Å². The van der Waals surface area contributed by atoms with Gasteiger partial charge in [0, 0.05) is 39.5 Å². The third-order valence-electron chi connectivity index (χ3n) is 3.67. The van der Waals surface area contributed by atoms with E-state index >= 15 is 0 Å². The molecule has 0 saturated heterocycles. The second kappa shape index (κ2) is 12.4. The Balaban J connectivity index is 0.000000216. The molecule has 3 rings (SSSR count). The lowest BCUT2D eigenvalue weighted by Crippen LogP contribution is -2.19. The Morgan fingerprint density at radius 1 is 1.03 bits per heavy atom. The molecule has 8 heteroatoms. The van der Waals surface area contributed by atoms with Gasteiger partial charge in [-0.15, -0.1) is 0 Å². The van der Waals surface area contributed by atoms with E-state index in [0.29, 0.717) is 10.9 Å². The molecule has 0 fully saturated rings. The van der Waals surface area contributed by atoms with Crippen molar-refractivity contribution in [2.24, 2.45) is 0 Å². The molecule has 30 heavy (non-hydrogen) atoms. The Bertz CT molecular complexity index is 959. The number of nitrogens with zero attached hydrogens (tertiary/aromatic N) is 2. The zero-order valence-electron chi connectivity index (χ0n) is 17.0. The summed E-state index contributed by atoms with van der Waals surface area (Å²) in [6, 6.07) is 17.6. The zero-order chi connectivity index (χ0) is 21.9. The minimum atomic E-state index is -0.0160. The quantitative estimate of drug-likeness (QED) is 0.293. The number of amides is 1. The molecule has 1 amide bonds. The first-order valence-corrected chi connectivity index (χ1v) is 11.3. The fraction of sp³-hybridized carbons (Fsp3) is 0.182. The Morgan fingerprint density at radius 3 is 2.07 bits per heavy atom. The summed E-state index contributed by atoms with van der Waals surface area (Å²) in [7, 11) is 1.62. The van der Waals surface area contributed by atoms with Crippen LogP contribution in [0.2, 0.25) is 5.02 Å². The summed E-state index contributed by atoms with van der Waals surface area (Å²) in [5, 5.41) is 11.1. The Hall–Kier alpha value is -2.35. The summed E-state index contributed by atoms with van der Waals surface area (Å²) >= 11 is 8.85. The molecule has 0 aliphatic carbocycles. The molecule has 0 aliphatic rings. The van der Waals surface area contributed by atoms with Gasteiger partial charge in [-0.25, -0.2) is 9.97 Å². The molecular weight excluding hydrogens is 436 g/mol. The van der Waals surface area contributed by atoms with Crippen molar-refractivity contribution in [3.63, 3.8) is 0 Å². The Morgan fingerprint density at radius 2 is 1.57 bits per heavy atom. The smallest absolute Gasteiger partial charge is 0.230 e. The highest BCUT2D eigenvalue weighted by atomic mass is 35.5. The Kier molecular flexibility index (Phi) is 9.86. The van der Waals surface area contributed by atoms with Crippen LogP contribution in [0.5, 0.6) is 0 Å². The average Bonchev–Trinajstić information content (AvgIpc) is 2.74. The lowest BCUT2D eigenvalue weighted by molar-refractivity contribution is -0.118. The second-order valence-corrected chi connectivity index (χ2v) is 8.69. The van der Waals surface area contributed by atoms with Crippen LogP contribution in [0.1, 0.15) is 17.0 Å². The van der Waals surface area contributed by atoms with E-state index in [1.165, 1.54) is 18.0 Å². The topological polar surface area (TPSA) is 78.7 Å². The van der Waals surface area contributed by atoms with Gasteiger partial charge >= 0.3 is 0 Å². The maximum atomic E-state index is 11.0. The molecule has 0 aliphatic heterocycles. The maximum absolute atomic E-state index is 11.0. The van der Waals surface area contributed by atoms with E-state index in [4.69, 9.17) is 17.0 Å². The number of carbonyl (C=O) groups is 1. The lowest BCUT2D eigenvalue weighted by Gasteiger charge is -2.02. The van der Waals surface area contributed by atoms with Crippen LogP contribution in [0.3, 0.4) is 0 Å². The fourth-order valence-electron chi connectivity index (χ4n) is 2.23. The monoisotopic (exact) mass is 458 g/mol. The van der Waals surface area contributed by atoms with E-state index in [-0.39, 0.29) is 5.91 Å². The average molecular weight is 459 g/mol. The summed E-state index contributed by atoms with van der Waals surface area (Å²) in [6.07, 6.45) is 1.34. The molecule has 0 spiro atoms. The largest absolute Gasteiger partial charge is 0.358 e. The number of carbonyl (C=O) groups excluding carboxylic acids is 1. The van der Waals surface area contributed by atoms with Gasteiger partial charge < -0.3 is 10.7 Å². The van der Waals surface area contributed by atoms with Crippen LogP contribution in [0.25, 0.3) is 0 Å². The van der Waals surface area contributed by atoms with E-state index in [1.54, 1.807) is 18.8 Å². The maximum Gasteiger partial charge on any atom is 0.230 e. The highest BCUT2D eigenvalue weighted by Gasteiger charge is 2.03. The predicted molar refractivity (Wildman–Crippen MR) is 126 cm³/mol. The van der Waals surface area contributed by atoms with E-state index in [9.17, 15) is 4.79 Å². The van der Waals surface area contributed by atoms with Gasteiger partial charge in [-0.1, -0.05) is 47.3 Å². The Labute approximate surface area is 190 Å². The summed E-state index contributed by atoms with van der Waals surface area (Å²) in [5.41, 5.74) is 2.77. The fourth-order valence-corrected chi connectivity index (χ4v) is 4.00. The number of thioether (sulfide) groups is 1. The number of rotatable bonds is 6. The molecule has 5 nitrogen and oxygen atoms in total. The summed E-state index contributed by atoms with van der Waals surface area (Å²) < 4.78 is 0. The third-order valence-corrected chi connectivity index (χ3v) is 5.78. The minimum absolute atomic E-state index is 0.0160. The third kappa shape index (κ3) is 8.57. The van der Waals surface area contributed by atoms with Gasteiger partial charge in [0.05, 0.1) is 5.75 Å². The van der Waals surface area contributed by atoms with Crippen LogP contribution < -0.4 is 5.32 Å². The van der Waals surface area contributed by atoms with Gasteiger partial charge in [-0.2, -0.15) is 0 Å². The number of hydrogen-bond donors (Lipinski definition) is 2. The van der Waals surface area contributed by atoms with Crippen molar-refractivity contribution in [3.05, 3.63) is 76.6 Å². The van der Waals surface area contributed by atoms with Gasteiger partial charge in [0.1, 0.15) is 0 Å². The first-order valence-electron chi connectivity index (χ1n) is 9.09. The molecule has 2 N–H and O–H groups in total. The van der Waals surface area contributed by atoms with Gasteiger partial charge in [-0.3, -0.25) is 4.79 Å². The van der Waals surface area contributed by atoms with Crippen molar-refractivity contribution < 1.29 is 4.79 Å². The highest BCUT2D eigenvalue weighted by Crippen LogP contribution is 2.28. The zero-order valence-corrected chi connectivity index (χ0v) is 19.4. The normalized spacial score (nSPS) is 10.0. The number of aryl methyl sites for hydroxylation is 2. The summed E-state index contributed by atoms with van der Waals surface area (Å²) in [5.74, 6) is 0.345. The van der Waals surface area contributed by atoms with E-state index in [2.05, 4.69) is 15.3 Å². The minimum Gasteiger partial charge on any atom is -0.358 e. The van der Waals surface area contributed by atoms with Crippen LogP contribution in [-0.2, 0) is 4.79 Å². The number of aromatic nitrogens is 2. The van der Waals surface area contributed by atoms with Crippen LogP contribution >= 0.6 is 35.1 Å². The predicted octanol–water partition coefficient (Wildman–Crippen LogP) is 5.42. The molecule has 1 heterocycles. The summed E-state index contributed by atoms with van der Waals surface area (Å²) in [4.78, 5) is 21.7. The SMILES string of the molecule is CNC(=O)CSc1nc(C)cc(C)n1.N=Cc1ccc(Sc2ccc(Cl)cc2)cc1. The number of hydrogen-bond acceptors (Lipinski definition) is 6. The molecule has 156 valence electrons. The van der Waals surface area contributed by atoms with Crippen molar-refractivity contribution in [2.45, 2.75) is 28.8 Å². The molecule has 2 aromatic carbocycles. The van der Waals surface area contributed by atoms with Gasteiger partial charge in [-0.05, 0) is 61.9 Å². The van der Waals surface area contributed by atoms with Crippen molar-refractivity contribution in [3.8, 4) is 0 Å². The standard InChI is InChI=1S/C13H10ClNS.C9H13N3OS/c14-11-3-7-13(8-4-11)16-12-5-1-10(9-15)2-6-12;1-6-4-7(2)12-9(11-6)14-5-8(13)10-3/h1-9,15H;4H,5H2,1-3H3,(H,10,13). The molecule has 0 saturated carbocycles. The number of nitrogens with one attached hydrogen (secondary N) is 2. The number of halogens is 1. The summed E-state index contributed by atoms with van der Waals surface area (Å²) in [6.45, 7) is 3.83. The lowest BCUT2D eigenvalue weighted by atomic mass is 10.2. The van der Waals surface area contributed by atoms with Gasteiger partial charge in [0.25, 0.3) is 0 Å². The first-order chi connectivity index (χ1) is 14.4. The van der Waals surface area contributed by atoms with Crippen molar-refractivity contribution in [1.29, 1.82) is 5.41 Å². The highest BCUT2D eigenvalue weighted by molar-refractivity contribution is 7.99. The molecule has 0 atom stereocenters. The molecule has 1 aromatic heterocycles. The second-order valence-electron chi connectivity index (χ2n) is 6.16. The van der Waals surface area contributed by atoms with Crippen LogP contribution in [-0.4, -0.2) is 34.9 Å². The van der Waals surface area contributed by atoms with Crippen molar-refractivity contribution >= 4 is 47.2 Å². The van der Waals surface area contributed by atoms with E-state index in [0.717, 1.165) is 31.8 Å². The van der Waals surface area contributed by atoms with E-state index in [1.807, 2.05) is 68.4 Å². The molecule has 0 radical (unpaired) electrons. The number of benzene rings is 2. The van der Waals surface area contributed by atoms with E-state index < -0.39 is 0 Å². The van der Waals surface area contributed by atoms with Crippen LogP contribution in [0.4, 0.5) is 0 Å². The molecule has 3 aromatic rings. The van der Waals surface area contributed by atoms with Crippen LogP contribution in [0, 0.1) is 19.3 Å². The van der Waals surface area contributed by atoms with Crippen molar-refractivity contribution in [1.82, 2.24) is 15.3 Å².